The Labute approximate surface area is 254 Å². The third-order valence-electron chi connectivity index (χ3n) is 4.94. The molecule has 4 rings (SSSR count). The van der Waals surface area contributed by atoms with Crippen molar-refractivity contribution in [1.82, 2.24) is 14.5 Å². The molecule has 16 heteroatoms. The zero-order valence-electron chi connectivity index (χ0n) is 20.7. The van der Waals surface area contributed by atoms with Crippen LogP contribution >= 0.6 is 7.82 Å². The van der Waals surface area contributed by atoms with Gasteiger partial charge in [-0.3, -0.25) is 0 Å². The van der Waals surface area contributed by atoms with Crippen LogP contribution in [-0.4, -0.2) is 21.6 Å². The van der Waals surface area contributed by atoms with E-state index in [4.69, 9.17) is 9.15 Å². The second-order valence-corrected chi connectivity index (χ2v) is 8.62. The van der Waals surface area contributed by atoms with E-state index in [2.05, 4.69) is 25.1 Å². The van der Waals surface area contributed by atoms with Gasteiger partial charge in [0.15, 0.2) is 17.1 Å². The van der Waals surface area contributed by atoms with E-state index in [0.29, 0.717) is 28.3 Å². The minimum Gasteiger partial charge on any atom is -0.790 e. The van der Waals surface area contributed by atoms with Crippen LogP contribution in [0.2, 0.25) is 0 Å². The maximum Gasteiger partial charge on any atom is 1.00 e. The van der Waals surface area contributed by atoms with Gasteiger partial charge in [-0.1, -0.05) is 0 Å². The number of ether oxygens (including phenoxy) is 1. The maximum atomic E-state index is 14.1. The third kappa shape index (κ3) is 7.64. The van der Waals surface area contributed by atoms with E-state index in [1.807, 2.05) is 0 Å². The molecular formula is C21H19FN5Na2O7P. The van der Waals surface area contributed by atoms with Gasteiger partial charge < -0.3 is 38.7 Å². The van der Waals surface area contributed by atoms with Crippen molar-refractivity contribution < 1.29 is 91.5 Å². The Morgan fingerprint density at radius 2 is 1.84 bits per heavy atom. The molecule has 0 saturated carbocycles. The van der Waals surface area contributed by atoms with E-state index in [1.54, 1.807) is 32.2 Å². The first-order valence-corrected chi connectivity index (χ1v) is 11.5. The number of phosphoric ester groups is 1. The summed E-state index contributed by atoms with van der Waals surface area (Å²) in [5.41, 5.74) is 2.44. The van der Waals surface area contributed by atoms with Crippen molar-refractivity contribution in [3.8, 4) is 5.75 Å². The van der Waals surface area contributed by atoms with Crippen LogP contribution in [0.4, 0.5) is 27.5 Å². The van der Waals surface area contributed by atoms with Crippen LogP contribution in [-0.2, 0) is 15.8 Å². The number of fused-ring (bicyclic) bond motifs is 1. The zero-order valence-corrected chi connectivity index (χ0v) is 25.6. The first-order valence-electron chi connectivity index (χ1n) is 10.1. The van der Waals surface area contributed by atoms with Crippen molar-refractivity contribution in [2.24, 2.45) is 0 Å². The van der Waals surface area contributed by atoms with Crippen molar-refractivity contribution in [3.63, 3.8) is 0 Å². The quantitative estimate of drug-likeness (QED) is 0.165. The molecule has 12 nitrogen and oxygen atoms in total. The number of methoxy groups -OCH3 is 1. The van der Waals surface area contributed by atoms with Gasteiger partial charge in [-0.05, 0) is 43.7 Å². The molecule has 0 aliphatic carbocycles. The van der Waals surface area contributed by atoms with E-state index >= 15 is 0 Å². The van der Waals surface area contributed by atoms with Crippen LogP contribution < -0.4 is 90.0 Å². The fourth-order valence-corrected chi connectivity index (χ4v) is 3.50. The van der Waals surface area contributed by atoms with Crippen molar-refractivity contribution in [1.29, 1.82) is 0 Å². The fourth-order valence-electron chi connectivity index (χ4n) is 3.24. The molecule has 0 unspecified atom stereocenters. The minimum atomic E-state index is -5.29. The second-order valence-electron chi connectivity index (χ2n) is 7.47. The van der Waals surface area contributed by atoms with E-state index in [9.17, 15) is 23.5 Å². The Morgan fingerprint density at radius 1 is 1.11 bits per heavy atom. The summed E-state index contributed by atoms with van der Waals surface area (Å²) < 4.78 is 40.0. The molecule has 2 aromatic heterocycles. The Balaban J connectivity index is 0.00000241. The number of hydrogen-bond donors (Lipinski definition) is 2. The van der Waals surface area contributed by atoms with Crippen molar-refractivity contribution in [3.05, 3.63) is 64.0 Å². The average molecular weight is 549 g/mol. The van der Waals surface area contributed by atoms with E-state index < -0.39 is 26.1 Å². The van der Waals surface area contributed by atoms with Crippen molar-refractivity contribution >= 4 is 42.1 Å². The fraction of sp³-hybridized carbons (Fsp3) is 0.190. The van der Waals surface area contributed by atoms with Crippen LogP contribution in [0.15, 0.2) is 45.7 Å². The summed E-state index contributed by atoms with van der Waals surface area (Å²) >= 11 is 0. The number of aromatic nitrogens is 3. The smallest absolute Gasteiger partial charge is 0.790 e. The maximum absolute atomic E-state index is 14.1. The molecule has 0 atom stereocenters. The van der Waals surface area contributed by atoms with Gasteiger partial charge in [0.2, 0.25) is 5.95 Å². The Kier molecular flexibility index (Phi) is 10.9. The number of aryl methyl sites for hydroxylation is 2. The van der Waals surface area contributed by atoms with Crippen LogP contribution in [0.3, 0.4) is 0 Å². The second kappa shape index (κ2) is 12.9. The Hall–Kier alpha value is -1.77. The van der Waals surface area contributed by atoms with Crippen LogP contribution in [0.1, 0.15) is 11.1 Å². The number of rotatable bonds is 8. The molecule has 0 amide bonds. The standard InChI is InChI=1S/C21H21FN5O7P.2Na/c1-11-6-14(8-17(32-3)18(11)22)25-20-23-9-12(2)19(26-20)24-13-4-5-16-15(7-13)27(21(28)34-16)10-33-35(29,30)31;;/h4-9H,10H2,1-3H3,(H2,29,30,31)(H2,23,24,25,26);;/q;2*+1/p-2. The topological polar surface area (TPSA) is 167 Å². The first-order chi connectivity index (χ1) is 16.5. The molecule has 2 heterocycles. The summed E-state index contributed by atoms with van der Waals surface area (Å²) in [5, 5.41) is 6.09. The first kappa shape index (κ1) is 31.4. The van der Waals surface area contributed by atoms with Gasteiger partial charge in [0.05, 0.1) is 20.4 Å². The van der Waals surface area contributed by atoms with Gasteiger partial charge in [-0.25, -0.2) is 18.7 Å². The third-order valence-corrected chi connectivity index (χ3v) is 5.38. The molecule has 4 aromatic rings. The van der Waals surface area contributed by atoms with Gasteiger partial charge in [0, 0.05) is 29.2 Å². The predicted octanol–water partition coefficient (Wildman–Crippen LogP) is -3.55. The van der Waals surface area contributed by atoms with Gasteiger partial charge in [-0.15, -0.1) is 0 Å². The molecule has 2 N–H and O–H groups in total. The molecule has 0 radical (unpaired) electrons. The number of nitrogens with zero attached hydrogens (tertiary/aromatic N) is 3. The van der Waals surface area contributed by atoms with Gasteiger partial charge in [0.1, 0.15) is 12.5 Å². The van der Waals surface area contributed by atoms with Crippen molar-refractivity contribution in [2.45, 2.75) is 20.6 Å². The zero-order chi connectivity index (χ0) is 25.3. The predicted molar refractivity (Wildman–Crippen MR) is 120 cm³/mol. The number of hydrogen-bond acceptors (Lipinski definition) is 11. The molecule has 0 spiro atoms. The molecule has 0 saturated heterocycles. The molecule has 2 aromatic carbocycles. The number of oxazole rings is 1. The number of benzene rings is 2. The molecule has 184 valence electrons. The summed E-state index contributed by atoms with van der Waals surface area (Å²) in [6.45, 7) is 2.56. The van der Waals surface area contributed by atoms with Crippen LogP contribution in [0.5, 0.6) is 5.75 Å². The van der Waals surface area contributed by atoms with E-state index in [0.717, 1.165) is 4.57 Å². The molecule has 0 fully saturated rings. The summed E-state index contributed by atoms with van der Waals surface area (Å²) in [6, 6.07) is 7.69. The largest absolute Gasteiger partial charge is 1.00 e. The van der Waals surface area contributed by atoms with E-state index in [1.165, 1.54) is 25.3 Å². The van der Waals surface area contributed by atoms with Gasteiger partial charge >= 0.3 is 64.9 Å². The summed E-state index contributed by atoms with van der Waals surface area (Å²) in [6.07, 6.45) is 1.57. The normalized spacial score (nSPS) is 11.0. The Morgan fingerprint density at radius 3 is 2.51 bits per heavy atom. The average Bonchev–Trinajstić information content (AvgIpc) is 3.10. The van der Waals surface area contributed by atoms with Gasteiger partial charge in [0.25, 0.3) is 0 Å². The molecular weight excluding hydrogens is 530 g/mol. The van der Waals surface area contributed by atoms with Gasteiger partial charge in [-0.2, -0.15) is 4.98 Å². The number of nitrogens with one attached hydrogen (secondary N) is 2. The molecule has 0 bridgehead atoms. The van der Waals surface area contributed by atoms with Crippen molar-refractivity contribution in [2.75, 3.05) is 17.7 Å². The Bertz CT molecular complexity index is 1530. The number of anilines is 4. The minimum absolute atomic E-state index is 0. The monoisotopic (exact) mass is 549 g/mol. The van der Waals surface area contributed by atoms with Crippen LogP contribution in [0, 0.1) is 19.7 Å². The summed E-state index contributed by atoms with van der Waals surface area (Å²) in [4.78, 5) is 42.3. The molecule has 0 aliphatic rings. The molecule has 0 aliphatic heterocycles. The summed E-state index contributed by atoms with van der Waals surface area (Å²) in [7, 11) is -3.92. The van der Waals surface area contributed by atoms with E-state index in [-0.39, 0.29) is 81.9 Å². The number of phosphoric acid groups is 1. The number of halogens is 1. The SMILES string of the molecule is COc1cc(Nc2ncc(C)c(Nc3ccc4oc(=O)n(COP(=O)([O-])[O-])c4c3)n2)cc(C)c1F.[Na+].[Na+]. The van der Waals surface area contributed by atoms with Crippen LogP contribution in [0.25, 0.3) is 11.1 Å². The summed E-state index contributed by atoms with van der Waals surface area (Å²) in [5.74, 6) is -0.628. The molecule has 37 heavy (non-hydrogen) atoms.